The molecule has 1 atom stereocenters. The Bertz CT molecular complexity index is 1570. The van der Waals surface area contributed by atoms with Crippen molar-refractivity contribution in [1.29, 1.82) is 0 Å². The third-order valence-corrected chi connectivity index (χ3v) is 9.47. The van der Waals surface area contributed by atoms with E-state index in [1.807, 2.05) is 0 Å². The van der Waals surface area contributed by atoms with Gasteiger partial charge in [-0.2, -0.15) is 0 Å². The van der Waals surface area contributed by atoms with Crippen LogP contribution >= 0.6 is 23.1 Å². The second-order valence-electron chi connectivity index (χ2n) is 8.97. The van der Waals surface area contributed by atoms with E-state index in [9.17, 15) is 18.0 Å². The van der Waals surface area contributed by atoms with Gasteiger partial charge in [0.15, 0.2) is 0 Å². The molecule has 9 nitrogen and oxygen atoms in total. The van der Waals surface area contributed by atoms with E-state index in [1.54, 1.807) is 65.4 Å². The molecular formula is C26H25N5O4S3. The number of carbonyl (C=O) groups is 2. The van der Waals surface area contributed by atoms with Crippen LogP contribution < -0.4 is 14.9 Å². The third kappa shape index (κ3) is 5.66. The number of rotatable bonds is 7. The van der Waals surface area contributed by atoms with Gasteiger partial charge in [0.2, 0.25) is 5.95 Å². The molecular weight excluding hydrogens is 543 g/mol. The monoisotopic (exact) mass is 567 g/mol. The first-order chi connectivity index (χ1) is 18.2. The first kappa shape index (κ1) is 26.1. The first-order valence-electron chi connectivity index (χ1n) is 11.9. The van der Waals surface area contributed by atoms with Gasteiger partial charge in [0.05, 0.1) is 9.77 Å². The maximum atomic E-state index is 13.7. The number of hydrogen-bond donors (Lipinski definition) is 2. The summed E-state index contributed by atoms with van der Waals surface area (Å²) in [5.74, 6) is 0.588. The highest BCUT2D eigenvalue weighted by molar-refractivity contribution is 8.03. The van der Waals surface area contributed by atoms with Crippen molar-refractivity contribution in [3.63, 3.8) is 0 Å². The molecule has 5 rings (SSSR count). The van der Waals surface area contributed by atoms with Gasteiger partial charge in [-0.3, -0.25) is 9.59 Å². The number of nitrogens with zero attached hydrogens (tertiary/aromatic N) is 3. The third-order valence-electron chi connectivity index (χ3n) is 5.99. The van der Waals surface area contributed by atoms with Crippen LogP contribution in [0.4, 0.5) is 11.6 Å². The lowest BCUT2D eigenvalue weighted by Gasteiger charge is -2.20. The van der Waals surface area contributed by atoms with E-state index in [4.69, 9.17) is 0 Å². The van der Waals surface area contributed by atoms with Crippen molar-refractivity contribution in [2.75, 3.05) is 21.9 Å². The van der Waals surface area contributed by atoms with Gasteiger partial charge in [0, 0.05) is 34.8 Å². The van der Waals surface area contributed by atoms with E-state index in [-0.39, 0.29) is 28.4 Å². The van der Waals surface area contributed by atoms with E-state index in [1.165, 1.54) is 23.6 Å². The molecule has 1 aromatic carbocycles. The topological polar surface area (TPSA) is 121 Å². The van der Waals surface area contributed by atoms with Crippen molar-refractivity contribution < 1.29 is 18.0 Å². The minimum Gasteiger partial charge on any atom is -0.317 e. The van der Waals surface area contributed by atoms with E-state index in [0.717, 1.165) is 16.2 Å². The second kappa shape index (κ2) is 10.7. The van der Waals surface area contributed by atoms with Gasteiger partial charge >= 0.3 is 0 Å². The molecule has 0 aliphatic carbocycles. The molecule has 0 saturated heterocycles. The Morgan fingerprint density at radius 3 is 2.76 bits per heavy atom. The molecule has 0 bridgehead atoms. The normalized spacial score (nSPS) is 17.2. The number of nitrogens with one attached hydrogen (secondary N) is 2. The van der Waals surface area contributed by atoms with Gasteiger partial charge in [-0.05, 0) is 66.6 Å². The minimum absolute atomic E-state index is 0.00744. The molecule has 1 unspecified atom stereocenters. The molecule has 12 heteroatoms. The molecule has 0 radical (unpaired) electrons. The van der Waals surface area contributed by atoms with Crippen LogP contribution in [0.2, 0.25) is 0 Å². The van der Waals surface area contributed by atoms with Crippen molar-refractivity contribution in [2.45, 2.75) is 25.2 Å². The van der Waals surface area contributed by atoms with Gasteiger partial charge in [0.1, 0.15) is 5.70 Å². The highest BCUT2D eigenvalue weighted by Crippen LogP contribution is 2.33. The number of allylic oxidation sites excluding steroid dienone is 2. The van der Waals surface area contributed by atoms with Crippen molar-refractivity contribution in [3.05, 3.63) is 86.9 Å². The zero-order chi connectivity index (χ0) is 26.9. The van der Waals surface area contributed by atoms with E-state index in [2.05, 4.69) is 33.0 Å². The molecule has 2 aliphatic heterocycles. The van der Waals surface area contributed by atoms with E-state index < -0.39 is 10.0 Å². The molecule has 196 valence electrons. The van der Waals surface area contributed by atoms with Gasteiger partial charge in [-0.1, -0.05) is 19.1 Å². The van der Waals surface area contributed by atoms with Crippen molar-refractivity contribution >= 4 is 56.6 Å². The van der Waals surface area contributed by atoms with Crippen LogP contribution in [0.15, 0.2) is 75.6 Å². The summed E-state index contributed by atoms with van der Waals surface area (Å²) in [6.45, 7) is 4.21. The number of carbonyl (C=O) groups excluding carboxylic acids is 2. The molecule has 2 aliphatic rings. The zero-order valence-corrected chi connectivity index (χ0v) is 23.1. The minimum atomic E-state index is -3.92. The summed E-state index contributed by atoms with van der Waals surface area (Å²) in [4.78, 5) is 37.7. The number of thioether (sulfide) groups is 1. The van der Waals surface area contributed by atoms with Crippen LogP contribution in [-0.4, -0.2) is 42.5 Å². The lowest BCUT2D eigenvalue weighted by Crippen LogP contribution is -2.37. The number of aryl methyl sites for hydroxylation is 1. The standard InChI is InChI=1S/C26H25N5O4S3/c1-16-12-19(37-15-16)14-21(29-24(32)23-4-3-11-36-23)25(33)31-10-8-18-13-20(5-6-22(18)31)38(34,35)30-26-27-9-7-17(2)28-26/h3-7,9,11-14,16H,8,10,15H2,1-2H3,(H,29,32)(H,27,28,30)/b21-14+. The fourth-order valence-electron chi connectivity index (χ4n) is 4.16. The number of amides is 2. The SMILES string of the molecule is Cc1ccnc(NS(=O)(=O)c2ccc3c(c2)CCN3C(=O)/C(=C\C2=CC(C)CS2)NC(=O)c2cccs2)n1. The Balaban J connectivity index is 1.40. The van der Waals surface area contributed by atoms with Crippen molar-refractivity contribution in [2.24, 2.45) is 5.92 Å². The number of hydrogen-bond acceptors (Lipinski definition) is 8. The van der Waals surface area contributed by atoms with E-state index >= 15 is 0 Å². The average Bonchev–Trinajstić information content (AvgIpc) is 3.64. The summed E-state index contributed by atoms with van der Waals surface area (Å²) in [6.07, 6.45) is 5.77. The molecule has 2 amide bonds. The smallest absolute Gasteiger partial charge is 0.274 e. The van der Waals surface area contributed by atoms with Gasteiger partial charge in [-0.25, -0.2) is 23.1 Å². The lowest BCUT2D eigenvalue weighted by atomic mass is 10.2. The maximum Gasteiger partial charge on any atom is 0.274 e. The average molecular weight is 568 g/mol. The maximum absolute atomic E-state index is 13.7. The molecule has 0 saturated carbocycles. The molecule has 38 heavy (non-hydrogen) atoms. The Hall–Kier alpha value is -3.48. The van der Waals surface area contributed by atoms with Crippen LogP contribution in [0.1, 0.15) is 27.9 Å². The molecule has 4 heterocycles. The summed E-state index contributed by atoms with van der Waals surface area (Å²) in [7, 11) is -3.92. The van der Waals surface area contributed by atoms with E-state index in [0.29, 0.717) is 35.1 Å². The van der Waals surface area contributed by atoms with Gasteiger partial charge < -0.3 is 10.2 Å². The Labute approximate surface area is 229 Å². The van der Waals surface area contributed by atoms with Crippen molar-refractivity contribution in [3.8, 4) is 0 Å². The Kier molecular flexibility index (Phi) is 7.37. The fourth-order valence-corrected chi connectivity index (χ4v) is 6.86. The number of aromatic nitrogens is 2. The first-order valence-corrected chi connectivity index (χ1v) is 15.2. The summed E-state index contributed by atoms with van der Waals surface area (Å²) in [5, 5.41) is 4.61. The van der Waals surface area contributed by atoms with Gasteiger partial charge in [0.25, 0.3) is 21.8 Å². The largest absolute Gasteiger partial charge is 0.317 e. The fraction of sp³-hybridized carbons (Fsp3) is 0.231. The number of benzene rings is 1. The summed E-state index contributed by atoms with van der Waals surface area (Å²) >= 11 is 2.93. The Morgan fingerprint density at radius 2 is 2.05 bits per heavy atom. The predicted octanol–water partition coefficient (Wildman–Crippen LogP) is 4.12. The van der Waals surface area contributed by atoms with Crippen LogP contribution in [0.3, 0.4) is 0 Å². The van der Waals surface area contributed by atoms with Gasteiger partial charge in [-0.15, -0.1) is 23.1 Å². The highest BCUT2D eigenvalue weighted by Gasteiger charge is 2.30. The van der Waals surface area contributed by atoms with Crippen LogP contribution in [0.25, 0.3) is 0 Å². The number of thiophene rings is 1. The molecule has 0 fully saturated rings. The van der Waals surface area contributed by atoms with Crippen LogP contribution in [0.5, 0.6) is 0 Å². The van der Waals surface area contributed by atoms with Crippen molar-refractivity contribution in [1.82, 2.24) is 15.3 Å². The predicted molar refractivity (Wildman–Crippen MR) is 150 cm³/mol. The summed E-state index contributed by atoms with van der Waals surface area (Å²) in [6, 6.07) is 9.79. The molecule has 3 aromatic rings. The summed E-state index contributed by atoms with van der Waals surface area (Å²) < 4.78 is 28.3. The second-order valence-corrected chi connectivity index (χ2v) is 12.7. The summed E-state index contributed by atoms with van der Waals surface area (Å²) in [5.41, 5.74) is 2.15. The van der Waals surface area contributed by atoms with Crippen LogP contribution in [0, 0.1) is 12.8 Å². The number of fused-ring (bicyclic) bond motifs is 1. The zero-order valence-electron chi connectivity index (χ0n) is 20.7. The molecule has 0 spiro atoms. The quantitative estimate of drug-likeness (QED) is 0.412. The molecule has 2 N–H and O–H groups in total. The Morgan fingerprint density at radius 1 is 1.21 bits per heavy atom. The molecule has 2 aromatic heterocycles. The van der Waals surface area contributed by atoms with Crippen LogP contribution in [-0.2, 0) is 21.2 Å². The highest BCUT2D eigenvalue weighted by atomic mass is 32.2. The lowest BCUT2D eigenvalue weighted by molar-refractivity contribution is -0.115. The number of anilines is 2. The number of sulfonamides is 1.